The van der Waals surface area contributed by atoms with E-state index in [4.69, 9.17) is 25.4 Å². The molecule has 7 heteroatoms. The van der Waals surface area contributed by atoms with Crippen LogP contribution < -0.4 is 9.47 Å². The van der Waals surface area contributed by atoms with Gasteiger partial charge in [-0.25, -0.2) is 9.59 Å². The quantitative estimate of drug-likeness (QED) is 0.338. The van der Waals surface area contributed by atoms with Gasteiger partial charge in [0.15, 0.2) is 11.5 Å². The molecular weight excluding hydrogens is 380 g/mol. The highest BCUT2D eigenvalue weighted by molar-refractivity contribution is 9.10. The summed E-state index contributed by atoms with van der Waals surface area (Å²) in [5.74, 6) is 0.396. The Kier molecular flexibility index (Phi) is 5.20. The summed E-state index contributed by atoms with van der Waals surface area (Å²) in [4.78, 5) is 24.0. The van der Waals surface area contributed by atoms with Crippen LogP contribution >= 0.6 is 15.9 Å². The normalized spacial score (nSPS) is 15.9. The molecule has 0 saturated carbocycles. The van der Waals surface area contributed by atoms with Crippen LogP contribution in [0, 0.1) is 12.3 Å². The maximum atomic E-state index is 12.0. The molecule has 0 amide bonds. The molecule has 1 heterocycles. The first-order valence-electron chi connectivity index (χ1n) is 6.89. The summed E-state index contributed by atoms with van der Waals surface area (Å²) >= 11 is 3.36. The maximum Gasteiger partial charge on any atom is 0.348 e. The van der Waals surface area contributed by atoms with E-state index in [0.717, 1.165) is 0 Å². The molecule has 1 saturated heterocycles. The zero-order chi connectivity index (χ0) is 17.9. The van der Waals surface area contributed by atoms with Gasteiger partial charge in [-0.2, -0.15) is 0 Å². The van der Waals surface area contributed by atoms with Crippen molar-refractivity contribution in [2.75, 3.05) is 13.7 Å². The van der Waals surface area contributed by atoms with Crippen molar-refractivity contribution >= 4 is 33.9 Å². The standard InChI is InChI=1S/C17H15BrO6/c1-5-6-22-14-9-12(18)10(8-13(14)21-4)7-11-15(19)23-17(2,3)24-16(11)20/h1,7-9H,6H2,2-4H3. The molecule has 0 aliphatic carbocycles. The van der Waals surface area contributed by atoms with Crippen molar-refractivity contribution < 1.29 is 28.5 Å². The minimum Gasteiger partial charge on any atom is -0.493 e. The minimum atomic E-state index is -1.28. The van der Waals surface area contributed by atoms with E-state index in [1.807, 2.05) is 0 Å². The zero-order valence-corrected chi connectivity index (χ0v) is 14.9. The summed E-state index contributed by atoms with van der Waals surface area (Å²) < 4.78 is 21.3. The van der Waals surface area contributed by atoms with Crippen LogP contribution in [-0.2, 0) is 19.1 Å². The van der Waals surface area contributed by atoms with E-state index < -0.39 is 17.7 Å². The fraction of sp³-hybridized carbons (Fsp3) is 0.294. The second kappa shape index (κ2) is 6.97. The Balaban J connectivity index is 2.41. The molecule has 0 spiro atoms. The topological polar surface area (TPSA) is 71.1 Å². The van der Waals surface area contributed by atoms with E-state index in [9.17, 15) is 9.59 Å². The van der Waals surface area contributed by atoms with Gasteiger partial charge in [0, 0.05) is 18.3 Å². The number of methoxy groups -OCH3 is 1. The summed E-state index contributed by atoms with van der Waals surface area (Å²) in [6, 6.07) is 3.23. The number of terminal acetylenes is 1. The fourth-order valence-electron chi connectivity index (χ4n) is 1.99. The lowest BCUT2D eigenvalue weighted by atomic mass is 10.1. The van der Waals surface area contributed by atoms with Gasteiger partial charge in [-0.05, 0) is 23.8 Å². The number of rotatable bonds is 4. The number of esters is 2. The molecule has 0 atom stereocenters. The van der Waals surface area contributed by atoms with Gasteiger partial charge in [-0.15, -0.1) is 6.42 Å². The fourth-order valence-corrected chi connectivity index (χ4v) is 2.42. The Labute approximate surface area is 147 Å². The predicted octanol–water partition coefficient (Wildman–Crippen LogP) is 2.69. The van der Waals surface area contributed by atoms with Crippen molar-refractivity contribution in [2.24, 2.45) is 0 Å². The number of cyclic esters (lactones) is 2. The monoisotopic (exact) mass is 394 g/mol. The number of carbonyl (C=O) groups excluding carboxylic acids is 2. The van der Waals surface area contributed by atoms with Crippen molar-refractivity contribution in [3.8, 4) is 23.8 Å². The van der Waals surface area contributed by atoms with Gasteiger partial charge >= 0.3 is 11.9 Å². The van der Waals surface area contributed by atoms with Crippen LogP contribution in [0.1, 0.15) is 19.4 Å². The van der Waals surface area contributed by atoms with Gasteiger partial charge in [-0.1, -0.05) is 21.9 Å². The first kappa shape index (κ1) is 17.9. The lowest BCUT2D eigenvalue weighted by Crippen LogP contribution is -2.41. The van der Waals surface area contributed by atoms with Crippen LogP contribution in [-0.4, -0.2) is 31.4 Å². The highest BCUT2D eigenvalue weighted by atomic mass is 79.9. The molecule has 1 aromatic carbocycles. The summed E-state index contributed by atoms with van der Waals surface area (Å²) in [6.45, 7) is 3.04. The number of hydrogen-bond donors (Lipinski definition) is 0. The van der Waals surface area contributed by atoms with E-state index in [1.54, 1.807) is 12.1 Å². The molecule has 6 nitrogen and oxygen atoms in total. The van der Waals surface area contributed by atoms with Crippen LogP contribution in [0.5, 0.6) is 11.5 Å². The number of carbonyl (C=O) groups is 2. The van der Waals surface area contributed by atoms with Gasteiger partial charge in [0.1, 0.15) is 12.2 Å². The van der Waals surface area contributed by atoms with E-state index >= 15 is 0 Å². The lowest BCUT2D eigenvalue weighted by Gasteiger charge is -2.29. The molecule has 1 aliphatic heterocycles. The van der Waals surface area contributed by atoms with Crippen molar-refractivity contribution in [1.82, 2.24) is 0 Å². The number of halogens is 1. The van der Waals surface area contributed by atoms with Gasteiger partial charge in [0.25, 0.3) is 5.79 Å². The Bertz CT molecular complexity index is 735. The molecule has 0 aromatic heterocycles. The first-order chi connectivity index (χ1) is 11.3. The third-order valence-electron chi connectivity index (χ3n) is 3.01. The second-order valence-electron chi connectivity index (χ2n) is 5.25. The van der Waals surface area contributed by atoms with Crippen molar-refractivity contribution in [3.63, 3.8) is 0 Å². The molecule has 126 valence electrons. The SMILES string of the molecule is C#CCOc1cc(Br)c(C=C2C(=O)OC(C)(C)OC2=O)cc1OC. The molecule has 0 N–H and O–H groups in total. The zero-order valence-electron chi connectivity index (χ0n) is 13.3. The number of ether oxygens (including phenoxy) is 4. The molecule has 2 rings (SSSR count). The third-order valence-corrected chi connectivity index (χ3v) is 3.70. The largest absolute Gasteiger partial charge is 0.493 e. The van der Waals surface area contributed by atoms with Gasteiger partial charge in [-0.3, -0.25) is 0 Å². The Morgan fingerprint density at radius 3 is 2.42 bits per heavy atom. The Morgan fingerprint density at radius 2 is 1.88 bits per heavy atom. The van der Waals surface area contributed by atoms with Crippen LogP contribution in [0.25, 0.3) is 6.08 Å². The van der Waals surface area contributed by atoms with Gasteiger partial charge < -0.3 is 18.9 Å². The average Bonchev–Trinajstić information content (AvgIpc) is 2.49. The van der Waals surface area contributed by atoms with Crippen LogP contribution in [0.15, 0.2) is 22.2 Å². The number of hydrogen-bond acceptors (Lipinski definition) is 6. The summed E-state index contributed by atoms with van der Waals surface area (Å²) in [5.41, 5.74) is 0.304. The number of benzene rings is 1. The van der Waals surface area contributed by atoms with E-state index in [-0.39, 0.29) is 12.2 Å². The Morgan fingerprint density at radius 1 is 1.25 bits per heavy atom. The second-order valence-corrected chi connectivity index (χ2v) is 6.11. The lowest BCUT2D eigenvalue weighted by molar-refractivity contribution is -0.222. The highest BCUT2D eigenvalue weighted by Crippen LogP contribution is 2.35. The van der Waals surface area contributed by atoms with E-state index in [1.165, 1.54) is 27.0 Å². The Hall–Kier alpha value is -2.46. The predicted molar refractivity (Wildman–Crippen MR) is 89.3 cm³/mol. The van der Waals surface area contributed by atoms with Crippen LogP contribution in [0.3, 0.4) is 0 Å². The van der Waals surface area contributed by atoms with E-state index in [2.05, 4.69) is 21.9 Å². The molecule has 0 bridgehead atoms. The van der Waals surface area contributed by atoms with Gasteiger partial charge in [0.05, 0.1) is 7.11 Å². The molecule has 1 fully saturated rings. The molecule has 1 aliphatic rings. The minimum absolute atomic E-state index is 0.0803. The summed E-state index contributed by atoms with van der Waals surface area (Å²) in [6.07, 6.45) is 6.53. The average molecular weight is 395 g/mol. The molecule has 0 radical (unpaired) electrons. The molecule has 24 heavy (non-hydrogen) atoms. The molecule has 0 unspecified atom stereocenters. The van der Waals surface area contributed by atoms with Crippen molar-refractivity contribution in [1.29, 1.82) is 0 Å². The van der Waals surface area contributed by atoms with Crippen molar-refractivity contribution in [2.45, 2.75) is 19.6 Å². The van der Waals surface area contributed by atoms with E-state index in [0.29, 0.717) is 21.5 Å². The van der Waals surface area contributed by atoms with Crippen molar-refractivity contribution in [3.05, 3.63) is 27.7 Å². The molecule has 1 aromatic rings. The third kappa shape index (κ3) is 3.89. The highest BCUT2D eigenvalue weighted by Gasteiger charge is 2.39. The van der Waals surface area contributed by atoms with Gasteiger partial charge in [0.2, 0.25) is 0 Å². The molecular formula is C17H15BrO6. The summed E-state index contributed by atoms with van der Waals surface area (Å²) in [5, 5.41) is 0. The van der Waals surface area contributed by atoms with Crippen LogP contribution in [0.4, 0.5) is 0 Å². The smallest absolute Gasteiger partial charge is 0.348 e. The maximum absolute atomic E-state index is 12.0. The first-order valence-corrected chi connectivity index (χ1v) is 7.69. The summed E-state index contributed by atoms with van der Waals surface area (Å²) in [7, 11) is 1.47. The van der Waals surface area contributed by atoms with Crippen LogP contribution in [0.2, 0.25) is 0 Å².